The highest BCUT2D eigenvalue weighted by Crippen LogP contribution is 2.40. The third kappa shape index (κ3) is 3.69. The number of hydrogen-bond donors (Lipinski definition) is 1. The molecule has 1 aliphatic carbocycles. The van der Waals surface area contributed by atoms with E-state index in [2.05, 4.69) is 42.6 Å². The lowest BCUT2D eigenvalue weighted by Crippen LogP contribution is -2.51. The van der Waals surface area contributed by atoms with Gasteiger partial charge in [0.15, 0.2) is 0 Å². The van der Waals surface area contributed by atoms with Crippen molar-refractivity contribution in [3.63, 3.8) is 0 Å². The molecule has 1 N–H and O–H groups in total. The van der Waals surface area contributed by atoms with Crippen LogP contribution in [0.3, 0.4) is 0 Å². The van der Waals surface area contributed by atoms with E-state index in [0.29, 0.717) is 19.7 Å². The van der Waals surface area contributed by atoms with Gasteiger partial charge in [-0.3, -0.25) is 0 Å². The highest BCUT2D eigenvalue weighted by atomic mass is 16.5. The molecule has 1 aliphatic heterocycles. The van der Waals surface area contributed by atoms with E-state index < -0.39 is 0 Å². The van der Waals surface area contributed by atoms with Gasteiger partial charge < -0.3 is 15.0 Å². The Bertz CT molecular complexity index is 511. The third-order valence-electron chi connectivity index (χ3n) is 5.41. The van der Waals surface area contributed by atoms with Crippen LogP contribution < -0.4 is 5.32 Å². The summed E-state index contributed by atoms with van der Waals surface area (Å²) in [6.07, 6.45) is 5.97. The first-order valence-corrected chi connectivity index (χ1v) is 8.93. The maximum atomic E-state index is 12.5. The number of nitrogens with one attached hydrogen (secondary N) is 1. The van der Waals surface area contributed by atoms with Gasteiger partial charge >= 0.3 is 6.03 Å². The summed E-state index contributed by atoms with van der Waals surface area (Å²) < 4.78 is 5.65. The van der Waals surface area contributed by atoms with Gasteiger partial charge in [0.1, 0.15) is 0 Å². The summed E-state index contributed by atoms with van der Waals surface area (Å²) in [6, 6.07) is 10.7. The fraction of sp³-hybridized carbons (Fsp3) is 0.632. The van der Waals surface area contributed by atoms with Crippen LogP contribution in [0.2, 0.25) is 0 Å². The summed E-state index contributed by atoms with van der Waals surface area (Å²) in [4.78, 5) is 14.5. The molecule has 1 saturated carbocycles. The number of rotatable bonds is 4. The Balaban J connectivity index is 1.62. The molecule has 1 heterocycles. The lowest BCUT2D eigenvalue weighted by atomic mass is 9.79. The molecule has 4 nitrogen and oxygen atoms in total. The van der Waals surface area contributed by atoms with Crippen molar-refractivity contribution in [3.05, 3.63) is 35.9 Å². The Kier molecular flexibility index (Phi) is 5.21. The topological polar surface area (TPSA) is 41.6 Å². The second-order valence-electron chi connectivity index (χ2n) is 6.86. The van der Waals surface area contributed by atoms with Crippen molar-refractivity contribution in [3.8, 4) is 0 Å². The number of nitrogens with zero attached hydrogens (tertiary/aromatic N) is 1. The van der Waals surface area contributed by atoms with Gasteiger partial charge in [-0.2, -0.15) is 0 Å². The first-order chi connectivity index (χ1) is 11.2. The van der Waals surface area contributed by atoms with Gasteiger partial charge in [0.25, 0.3) is 0 Å². The van der Waals surface area contributed by atoms with Crippen LogP contribution in [0.15, 0.2) is 30.3 Å². The molecule has 0 radical (unpaired) electrons. The van der Waals surface area contributed by atoms with Crippen LogP contribution in [0.4, 0.5) is 4.79 Å². The fourth-order valence-corrected chi connectivity index (χ4v) is 3.92. The quantitative estimate of drug-likeness (QED) is 0.926. The number of hydrogen-bond acceptors (Lipinski definition) is 2. The van der Waals surface area contributed by atoms with Crippen LogP contribution >= 0.6 is 0 Å². The van der Waals surface area contributed by atoms with Crippen LogP contribution in [0.5, 0.6) is 0 Å². The average Bonchev–Trinajstić information content (AvgIpc) is 3.11. The molecule has 1 aromatic carbocycles. The number of amides is 2. The van der Waals surface area contributed by atoms with Gasteiger partial charge in [-0.15, -0.1) is 0 Å². The van der Waals surface area contributed by atoms with Gasteiger partial charge in [0.2, 0.25) is 0 Å². The zero-order chi connectivity index (χ0) is 16.1. The van der Waals surface area contributed by atoms with E-state index >= 15 is 0 Å². The number of morpholine rings is 1. The Morgan fingerprint density at radius 3 is 2.74 bits per heavy atom. The number of urea groups is 1. The summed E-state index contributed by atoms with van der Waals surface area (Å²) in [5.74, 6) is 0. The fourth-order valence-electron chi connectivity index (χ4n) is 3.92. The SMILES string of the molecule is CCC1CN(C(=O)NCC2(c3ccccc3)CCCC2)CCO1. The van der Waals surface area contributed by atoms with Crippen molar-refractivity contribution in [1.82, 2.24) is 10.2 Å². The normalized spacial score (nSPS) is 23.7. The van der Waals surface area contributed by atoms with Crippen molar-refractivity contribution in [2.45, 2.75) is 50.5 Å². The highest BCUT2D eigenvalue weighted by Gasteiger charge is 2.36. The van der Waals surface area contributed by atoms with Crippen LogP contribution in [0, 0.1) is 0 Å². The van der Waals surface area contributed by atoms with Gasteiger partial charge in [0, 0.05) is 25.0 Å². The van der Waals surface area contributed by atoms with Crippen LogP contribution in [0.25, 0.3) is 0 Å². The van der Waals surface area contributed by atoms with Crippen LogP contribution in [-0.4, -0.2) is 43.3 Å². The van der Waals surface area contributed by atoms with Gasteiger partial charge in [-0.25, -0.2) is 4.79 Å². The summed E-state index contributed by atoms with van der Waals surface area (Å²) >= 11 is 0. The molecule has 0 spiro atoms. The molecule has 0 aromatic heterocycles. The van der Waals surface area contributed by atoms with Crippen molar-refractivity contribution in [2.75, 3.05) is 26.2 Å². The lowest BCUT2D eigenvalue weighted by Gasteiger charge is -2.35. The third-order valence-corrected chi connectivity index (χ3v) is 5.41. The smallest absolute Gasteiger partial charge is 0.317 e. The second-order valence-corrected chi connectivity index (χ2v) is 6.86. The first-order valence-electron chi connectivity index (χ1n) is 8.93. The van der Waals surface area contributed by atoms with E-state index in [9.17, 15) is 4.79 Å². The van der Waals surface area contributed by atoms with Crippen molar-refractivity contribution >= 4 is 6.03 Å². The average molecular weight is 316 g/mol. The maximum Gasteiger partial charge on any atom is 0.317 e. The van der Waals surface area contributed by atoms with Crippen LogP contribution in [0.1, 0.15) is 44.6 Å². The minimum atomic E-state index is 0.0638. The molecule has 1 aromatic rings. The Morgan fingerprint density at radius 1 is 1.30 bits per heavy atom. The maximum absolute atomic E-state index is 12.5. The summed E-state index contributed by atoms with van der Waals surface area (Å²) in [7, 11) is 0. The van der Waals surface area contributed by atoms with Crippen molar-refractivity contribution in [1.29, 1.82) is 0 Å². The zero-order valence-electron chi connectivity index (χ0n) is 14.1. The predicted octanol–water partition coefficient (Wildman–Crippen LogP) is 3.32. The molecule has 23 heavy (non-hydrogen) atoms. The van der Waals surface area contributed by atoms with Gasteiger partial charge in [-0.1, -0.05) is 50.1 Å². The molecule has 2 aliphatic rings. The summed E-state index contributed by atoms with van der Waals surface area (Å²) in [5, 5.41) is 3.21. The monoisotopic (exact) mass is 316 g/mol. The number of ether oxygens (including phenoxy) is 1. The molecule has 3 rings (SSSR count). The van der Waals surface area contributed by atoms with Crippen LogP contribution in [-0.2, 0) is 10.2 Å². The Morgan fingerprint density at radius 2 is 2.04 bits per heavy atom. The predicted molar refractivity (Wildman–Crippen MR) is 91.6 cm³/mol. The number of carbonyl (C=O) groups excluding carboxylic acids is 1. The standard InChI is InChI=1S/C19H28N2O2/c1-2-17-14-21(12-13-23-17)18(22)20-15-19(10-6-7-11-19)16-8-4-3-5-9-16/h3-5,8-9,17H,2,6-7,10-15H2,1H3,(H,20,22). The molecule has 1 saturated heterocycles. The van der Waals surface area contributed by atoms with Gasteiger partial charge in [-0.05, 0) is 24.8 Å². The molecular formula is C19H28N2O2. The highest BCUT2D eigenvalue weighted by molar-refractivity contribution is 5.74. The second kappa shape index (κ2) is 7.35. The van der Waals surface area contributed by atoms with E-state index in [4.69, 9.17) is 4.74 Å². The minimum Gasteiger partial charge on any atom is -0.375 e. The molecule has 0 bridgehead atoms. The molecule has 2 amide bonds. The summed E-state index contributed by atoms with van der Waals surface area (Å²) in [6.45, 7) is 4.90. The Hall–Kier alpha value is -1.55. The van der Waals surface area contributed by atoms with E-state index in [1.165, 1.54) is 18.4 Å². The zero-order valence-corrected chi connectivity index (χ0v) is 14.1. The van der Waals surface area contributed by atoms with E-state index in [0.717, 1.165) is 25.8 Å². The number of carbonyl (C=O) groups is 1. The van der Waals surface area contributed by atoms with E-state index in [1.54, 1.807) is 0 Å². The Labute approximate surface area is 139 Å². The minimum absolute atomic E-state index is 0.0638. The first kappa shape index (κ1) is 16.3. The lowest BCUT2D eigenvalue weighted by molar-refractivity contribution is -0.0155. The van der Waals surface area contributed by atoms with Gasteiger partial charge in [0.05, 0.1) is 12.7 Å². The van der Waals surface area contributed by atoms with Crippen molar-refractivity contribution < 1.29 is 9.53 Å². The molecule has 126 valence electrons. The summed E-state index contributed by atoms with van der Waals surface area (Å²) in [5.41, 5.74) is 1.49. The largest absolute Gasteiger partial charge is 0.375 e. The van der Waals surface area contributed by atoms with E-state index in [1.807, 2.05) is 4.90 Å². The number of benzene rings is 1. The molecule has 1 atom stereocenters. The molecular weight excluding hydrogens is 288 g/mol. The van der Waals surface area contributed by atoms with E-state index in [-0.39, 0.29) is 17.6 Å². The van der Waals surface area contributed by atoms with Crippen molar-refractivity contribution in [2.24, 2.45) is 0 Å². The molecule has 2 fully saturated rings. The molecule has 4 heteroatoms. The molecule has 1 unspecified atom stereocenters.